The molecule has 2 aliphatic heterocycles. The first-order valence-corrected chi connectivity index (χ1v) is 6.08. The fourth-order valence-electron chi connectivity index (χ4n) is 2.42. The van der Waals surface area contributed by atoms with Crippen LogP contribution in [0.25, 0.3) is 0 Å². The number of hydrogen-bond acceptors (Lipinski definition) is 4. The minimum Gasteiger partial charge on any atom is -0.481 e. The molecular weight excluding hydrogens is 238 g/mol. The average Bonchev–Trinajstić information content (AvgIpc) is 2.53. The smallest absolute Gasteiger partial charge is 0.410 e. The van der Waals surface area contributed by atoms with Crippen molar-refractivity contribution in [2.75, 3.05) is 19.7 Å². The molecule has 2 rings (SSSR count). The summed E-state index contributed by atoms with van der Waals surface area (Å²) in [5.74, 6) is -1.57. The molecule has 102 valence electrons. The van der Waals surface area contributed by atoms with Crippen molar-refractivity contribution in [1.29, 1.82) is 0 Å². The lowest BCUT2D eigenvalue weighted by Gasteiger charge is -2.40. The van der Waals surface area contributed by atoms with Gasteiger partial charge in [0.1, 0.15) is 17.1 Å². The minimum absolute atomic E-state index is 0.157. The van der Waals surface area contributed by atoms with Crippen LogP contribution in [0.3, 0.4) is 0 Å². The quantitative estimate of drug-likeness (QED) is 0.761. The summed E-state index contributed by atoms with van der Waals surface area (Å²) in [6.45, 7) is 6.37. The van der Waals surface area contributed by atoms with Gasteiger partial charge in [0.2, 0.25) is 0 Å². The summed E-state index contributed by atoms with van der Waals surface area (Å²) in [5, 5.41) is 9.19. The Balaban J connectivity index is 2.05. The second kappa shape index (κ2) is 4.12. The molecule has 6 nitrogen and oxygen atoms in total. The van der Waals surface area contributed by atoms with Gasteiger partial charge in [-0.3, -0.25) is 4.79 Å². The highest BCUT2D eigenvalue weighted by atomic mass is 16.6. The summed E-state index contributed by atoms with van der Waals surface area (Å²) in [6, 6.07) is 0. The zero-order valence-electron chi connectivity index (χ0n) is 10.9. The van der Waals surface area contributed by atoms with E-state index in [9.17, 15) is 14.7 Å². The van der Waals surface area contributed by atoms with Crippen molar-refractivity contribution in [1.82, 2.24) is 4.90 Å². The van der Waals surface area contributed by atoms with E-state index in [0.29, 0.717) is 19.6 Å². The number of aliphatic carboxylic acids is 1. The first-order chi connectivity index (χ1) is 8.23. The van der Waals surface area contributed by atoms with Gasteiger partial charge in [-0.1, -0.05) is 0 Å². The summed E-state index contributed by atoms with van der Waals surface area (Å²) in [5.41, 5.74) is -1.27. The highest BCUT2D eigenvalue weighted by molar-refractivity contribution is 5.76. The molecule has 2 unspecified atom stereocenters. The summed E-state index contributed by atoms with van der Waals surface area (Å²) >= 11 is 0. The van der Waals surface area contributed by atoms with Crippen LogP contribution < -0.4 is 0 Å². The van der Waals surface area contributed by atoms with Crippen LogP contribution in [0.2, 0.25) is 0 Å². The van der Waals surface area contributed by atoms with Crippen molar-refractivity contribution >= 4 is 12.1 Å². The number of ether oxygens (including phenoxy) is 2. The fourth-order valence-corrected chi connectivity index (χ4v) is 2.42. The van der Waals surface area contributed by atoms with Crippen molar-refractivity contribution in [2.45, 2.75) is 38.4 Å². The minimum atomic E-state index is -0.916. The molecular formula is C12H19NO5. The second-order valence-electron chi connectivity index (χ2n) is 5.91. The van der Waals surface area contributed by atoms with E-state index in [1.54, 1.807) is 20.8 Å². The molecule has 6 heteroatoms. The van der Waals surface area contributed by atoms with Gasteiger partial charge in [-0.05, 0) is 20.8 Å². The Morgan fingerprint density at radius 1 is 1.44 bits per heavy atom. The lowest BCUT2D eigenvalue weighted by Crippen LogP contribution is -2.53. The number of amides is 1. The van der Waals surface area contributed by atoms with Crippen LogP contribution in [-0.2, 0) is 14.3 Å². The maximum atomic E-state index is 11.9. The molecule has 0 saturated carbocycles. The summed E-state index contributed by atoms with van der Waals surface area (Å²) < 4.78 is 10.7. The Labute approximate surface area is 106 Å². The first-order valence-electron chi connectivity index (χ1n) is 6.08. The molecule has 18 heavy (non-hydrogen) atoms. The van der Waals surface area contributed by atoms with Gasteiger partial charge in [-0.15, -0.1) is 0 Å². The molecule has 2 fully saturated rings. The van der Waals surface area contributed by atoms with E-state index >= 15 is 0 Å². The standard InChI is InChI=1S/C12H19NO5/c1-11(2,3)18-10(16)13-6-8(9(14)15)12(7-13)4-5-17-12/h8H,4-7H2,1-3H3,(H,14,15). The number of carboxylic acid groups (broad SMARTS) is 1. The largest absolute Gasteiger partial charge is 0.481 e. The fraction of sp³-hybridized carbons (Fsp3) is 0.833. The van der Waals surface area contributed by atoms with Crippen LogP contribution >= 0.6 is 0 Å². The van der Waals surface area contributed by atoms with Gasteiger partial charge < -0.3 is 19.5 Å². The van der Waals surface area contributed by atoms with Crippen molar-refractivity contribution in [3.63, 3.8) is 0 Å². The van der Waals surface area contributed by atoms with Gasteiger partial charge in [0, 0.05) is 13.0 Å². The molecule has 0 aromatic rings. The maximum Gasteiger partial charge on any atom is 0.410 e. The van der Waals surface area contributed by atoms with Gasteiger partial charge in [0.25, 0.3) is 0 Å². The van der Waals surface area contributed by atoms with Gasteiger partial charge in [-0.25, -0.2) is 4.79 Å². The lowest BCUT2D eigenvalue weighted by atomic mass is 9.84. The molecule has 2 atom stereocenters. The molecule has 0 bridgehead atoms. The number of rotatable bonds is 1. The molecule has 2 aliphatic rings. The topological polar surface area (TPSA) is 76.1 Å². The average molecular weight is 257 g/mol. The van der Waals surface area contributed by atoms with Gasteiger partial charge in [-0.2, -0.15) is 0 Å². The number of hydrogen-bond donors (Lipinski definition) is 1. The molecule has 0 aliphatic carbocycles. The molecule has 1 spiro atoms. The number of carbonyl (C=O) groups excluding carboxylic acids is 1. The van der Waals surface area contributed by atoms with Gasteiger partial charge >= 0.3 is 12.1 Å². The van der Waals surface area contributed by atoms with Crippen LogP contribution in [-0.4, -0.2) is 53.0 Å². The van der Waals surface area contributed by atoms with E-state index in [1.807, 2.05) is 0 Å². The molecule has 1 amide bonds. The van der Waals surface area contributed by atoms with E-state index in [1.165, 1.54) is 4.90 Å². The zero-order chi connectivity index (χ0) is 13.6. The van der Waals surface area contributed by atoms with Gasteiger partial charge in [0.15, 0.2) is 0 Å². The number of carboxylic acids is 1. The van der Waals surface area contributed by atoms with Crippen LogP contribution in [0, 0.1) is 5.92 Å². The number of carbonyl (C=O) groups is 2. The molecule has 2 heterocycles. The van der Waals surface area contributed by atoms with E-state index in [4.69, 9.17) is 9.47 Å². The molecule has 2 saturated heterocycles. The highest BCUT2D eigenvalue weighted by Gasteiger charge is 2.57. The van der Waals surface area contributed by atoms with Crippen molar-refractivity contribution in [3.8, 4) is 0 Å². The van der Waals surface area contributed by atoms with Crippen LogP contribution in [0.15, 0.2) is 0 Å². The van der Waals surface area contributed by atoms with E-state index < -0.39 is 29.2 Å². The lowest BCUT2D eigenvalue weighted by molar-refractivity contribution is -0.180. The van der Waals surface area contributed by atoms with Crippen molar-refractivity contribution in [3.05, 3.63) is 0 Å². The first kappa shape index (κ1) is 13.1. The Morgan fingerprint density at radius 2 is 2.06 bits per heavy atom. The van der Waals surface area contributed by atoms with E-state index in [2.05, 4.69) is 0 Å². The van der Waals surface area contributed by atoms with E-state index in [-0.39, 0.29) is 6.54 Å². The van der Waals surface area contributed by atoms with Gasteiger partial charge in [0.05, 0.1) is 13.2 Å². The number of likely N-dealkylation sites (tertiary alicyclic amines) is 1. The summed E-state index contributed by atoms with van der Waals surface area (Å²) in [4.78, 5) is 24.6. The third-order valence-electron chi connectivity index (χ3n) is 3.36. The van der Waals surface area contributed by atoms with E-state index in [0.717, 1.165) is 0 Å². The SMILES string of the molecule is CC(C)(C)OC(=O)N1CC(C(=O)O)C2(CCO2)C1. The third-order valence-corrected chi connectivity index (χ3v) is 3.36. The Morgan fingerprint density at radius 3 is 2.39 bits per heavy atom. The highest BCUT2D eigenvalue weighted by Crippen LogP contribution is 2.41. The van der Waals surface area contributed by atoms with Crippen LogP contribution in [0.5, 0.6) is 0 Å². The predicted octanol–water partition coefficient (Wildman–Crippen LogP) is 1.10. The molecule has 0 radical (unpaired) electrons. The van der Waals surface area contributed by atoms with Crippen LogP contribution in [0.4, 0.5) is 4.79 Å². The Hall–Kier alpha value is -1.30. The maximum absolute atomic E-state index is 11.9. The summed E-state index contributed by atoms with van der Waals surface area (Å²) in [6.07, 6.45) is 0.213. The Kier molecular flexibility index (Phi) is 3.01. The zero-order valence-corrected chi connectivity index (χ0v) is 10.9. The molecule has 1 N–H and O–H groups in total. The predicted molar refractivity (Wildman–Crippen MR) is 62.2 cm³/mol. The normalized spacial score (nSPS) is 31.3. The number of nitrogens with zero attached hydrogens (tertiary/aromatic N) is 1. The second-order valence-corrected chi connectivity index (χ2v) is 5.91. The molecule has 0 aromatic carbocycles. The Bertz CT molecular complexity index is 369. The third kappa shape index (κ3) is 2.29. The monoisotopic (exact) mass is 257 g/mol. The molecule has 0 aromatic heterocycles. The van der Waals surface area contributed by atoms with Crippen LogP contribution in [0.1, 0.15) is 27.2 Å². The van der Waals surface area contributed by atoms with Crippen molar-refractivity contribution < 1.29 is 24.2 Å². The van der Waals surface area contributed by atoms with Crippen molar-refractivity contribution in [2.24, 2.45) is 5.92 Å². The summed E-state index contributed by atoms with van der Waals surface area (Å²) in [7, 11) is 0.